The van der Waals surface area contributed by atoms with Gasteiger partial charge in [-0.2, -0.15) is 0 Å². The molecule has 0 fully saturated rings. The zero-order chi connectivity index (χ0) is 11.5. The van der Waals surface area contributed by atoms with E-state index in [-0.39, 0.29) is 5.56 Å². The topological polar surface area (TPSA) is 42.1 Å². The zero-order valence-corrected chi connectivity index (χ0v) is 9.41. The van der Waals surface area contributed by atoms with Gasteiger partial charge in [-0.25, -0.2) is 0 Å². The van der Waals surface area contributed by atoms with E-state index in [0.29, 0.717) is 21.9 Å². The van der Waals surface area contributed by atoms with E-state index in [1.54, 1.807) is 43.6 Å². The first-order valence-electron chi connectivity index (χ1n) is 4.74. The van der Waals surface area contributed by atoms with Gasteiger partial charge < -0.3 is 9.72 Å². The van der Waals surface area contributed by atoms with Gasteiger partial charge in [-0.05, 0) is 30.3 Å². The molecule has 0 amide bonds. The van der Waals surface area contributed by atoms with Crippen molar-refractivity contribution in [3.63, 3.8) is 0 Å². The van der Waals surface area contributed by atoms with E-state index in [4.69, 9.17) is 16.3 Å². The molecule has 3 nitrogen and oxygen atoms in total. The SMILES string of the molecule is COc1ccc(Cl)cc1-c1ccc[nH]c1=O. The number of H-pyrrole nitrogens is 1. The van der Waals surface area contributed by atoms with Crippen molar-refractivity contribution in [3.8, 4) is 16.9 Å². The minimum absolute atomic E-state index is 0.164. The Labute approximate surface area is 97.7 Å². The average molecular weight is 236 g/mol. The molecule has 0 aliphatic rings. The van der Waals surface area contributed by atoms with Gasteiger partial charge >= 0.3 is 0 Å². The third kappa shape index (κ3) is 1.95. The first kappa shape index (κ1) is 10.8. The lowest BCUT2D eigenvalue weighted by molar-refractivity contribution is 0.416. The van der Waals surface area contributed by atoms with Crippen LogP contribution in [0.15, 0.2) is 41.3 Å². The summed E-state index contributed by atoms with van der Waals surface area (Å²) < 4.78 is 5.20. The first-order chi connectivity index (χ1) is 7.72. The first-order valence-corrected chi connectivity index (χ1v) is 5.12. The molecular weight excluding hydrogens is 226 g/mol. The highest BCUT2D eigenvalue weighted by Crippen LogP contribution is 2.30. The molecule has 4 heteroatoms. The smallest absolute Gasteiger partial charge is 0.255 e. The van der Waals surface area contributed by atoms with Gasteiger partial charge in [0.25, 0.3) is 5.56 Å². The van der Waals surface area contributed by atoms with Gasteiger partial charge in [0.05, 0.1) is 12.7 Å². The maximum atomic E-state index is 11.6. The predicted octanol–water partition coefficient (Wildman–Crippen LogP) is 2.70. The second-order valence-electron chi connectivity index (χ2n) is 3.26. The maximum Gasteiger partial charge on any atom is 0.255 e. The Balaban J connectivity index is 2.68. The molecule has 1 aromatic carbocycles. The van der Waals surface area contributed by atoms with E-state index in [1.165, 1.54) is 0 Å². The number of aromatic nitrogens is 1. The summed E-state index contributed by atoms with van der Waals surface area (Å²) in [5, 5.41) is 0.569. The lowest BCUT2D eigenvalue weighted by atomic mass is 10.1. The minimum Gasteiger partial charge on any atom is -0.496 e. The molecule has 0 aliphatic heterocycles. The largest absolute Gasteiger partial charge is 0.496 e. The van der Waals surface area contributed by atoms with Gasteiger partial charge in [-0.3, -0.25) is 4.79 Å². The molecule has 1 heterocycles. The van der Waals surface area contributed by atoms with Crippen LogP contribution in [-0.4, -0.2) is 12.1 Å². The second-order valence-corrected chi connectivity index (χ2v) is 3.69. The van der Waals surface area contributed by atoms with Crippen LogP contribution in [0, 0.1) is 0 Å². The molecule has 0 saturated heterocycles. The van der Waals surface area contributed by atoms with Crippen LogP contribution in [-0.2, 0) is 0 Å². The molecule has 0 bridgehead atoms. The second kappa shape index (κ2) is 4.41. The van der Waals surface area contributed by atoms with E-state index in [0.717, 1.165) is 0 Å². The Bertz CT molecular complexity index is 563. The average Bonchev–Trinajstić information content (AvgIpc) is 2.29. The summed E-state index contributed by atoms with van der Waals surface area (Å²) in [4.78, 5) is 14.3. The van der Waals surface area contributed by atoms with Crippen molar-refractivity contribution < 1.29 is 4.74 Å². The molecule has 0 aliphatic carbocycles. The van der Waals surface area contributed by atoms with Crippen molar-refractivity contribution >= 4 is 11.6 Å². The van der Waals surface area contributed by atoms with Crippen molar-refractivity contribution in [2.24, 2.45) is 0 Å². The summed E-state index contributed by atoms with van der Waals surface area (Å²) in [5.74, 6) is 0.626. The molecule has 0 radical (unpaired) electrons. The number of ether oxygens (including phenoxy) is 1. The zero-order valence-electron chi connectivity index (χ0n) is 8.66. The Morgan fingerprint density at radius 2 is 2.06 bits per heavy atom. The van der Waals surface area contributed by atoms with Gasteiger partial charge in [-0.15, -0.1) is 0 Å². The van der Waals surface area contributed by atoms with E-state index in [2.05, 4.69) is 4.98 Å². The third-order valence-corrected chi connectivity index (χ3v) is 2.50. The minimum atomic E-state index is -0.164. The van der Waals surface area contributed by atoms with Crippen LogP contribution >= 0.6 is 11.6 Å². The van der Waals surface area contributed by atoms with E-state index in [1.807, 2.05) is 0 Å². The molecule has 82 valence electrons. The molecule has 0 spiro atoms. The van der Waals surface area contributed by atoms with Crippen LogP contribution in [0.3, 0.4) is 0 Å². The molecule has 1 N–H and O–H groups in total. The lowest BCUT2D eigenvalue weighted by Gasteiger charge is -2.07. The van der Waals surface area contributed by atoms with Gasteiger partial charge in [0, 0.05) is 16.8 Å². The van der Waals surface area contributed by atoms with Gasteiger partial charge in [0.1, 0.15) is 5.75 Å². The summed E-state index contributed by atoms with van der Waals surface area (Å²) in [6.45, 7) is 0. The van der Waals surface area contributed by atoms with E-state index >= 15 is 0 Å². The Morgan fingerprint density at radius 1 is 1.25 bits per heavy atom. The molecule has 2 aromatic rings. The highest BCUT2D eigenvalue weighted by atomic mass is 35.5. The summed E-state index contributed by atoms with van der Waals surface area (Å²) >= 11 is 5.91. The van der Waals surface area contributed by atoms with Crippen LogP contribution in [0.5, 0.6) is 5.75 Å². The van der Waals surface area contributed by atoms with Crippen LogP contribution in [0.1, 0.15) is 0 Å². The Hall–Kier alpha value is -1.74. The van der Waals surface area contributed by atoms with Crippen LogP contribution in [0.2, 0.25) is 5.02 Å². The van der Waals surface area contributed by atoms with Gasteiger partial charge in [-0.1, -0.05) is 11.6 Å². The fourth-order valence-electron chi connectivity index (χ4n) is 1.52. The highest BCUT2D eigenvalue weighted by molar-refractivity contribution is 6.31. The molecule has 0 saturated carbocycles. The van der Waals surface area contributed by atoms with Crippen molar-refractivity contribution in [1.29, 1.82) is 0 Å². The van der Waals surface area contributed by atoms with Crippen LogP contribution in [0.4, 0.5) is 0 Å². The molecule has 0 unspecified atom stereocenters. The lowest BCUT2D eigenvalue weighted by Crippen LogP contribution is -2.07. The normalized spacial score (nSPS) is 10.1. The standard InChI is InChI=1S/C12H10ClNO2/c1-16-11-5-4-8(13)7-10(11)9-3-2-6-14-12(9)15/h2-7H,1H3,(H,14,15). The van der Waals surface area contributed by atoms with Crippen molar-refractivity contribution in [2.45, 2.75) is 0 Å². The number of halogens is 1. The summed E-state index contributed by atoms with van der Waals surface area (Å²) in [6, 6.07) is 8.67. The predicted molar refractivity (Wildman–Crippen MR) is 64.1 cm³/mol. The number of methoxy groups -OCH3 is 1. The maximum absolute atomic E-state index is 11.6. The van der Waals surface area contributed by atoms with Gasteiger partial charge in [0.15, 0.2) is 0 Å². The monoisotopic (exact) mass is 235 g/mol. The number of benzene rings is 1. The summed E-state index contributed by atoms with van der Waals surface area (Å²) in [6.07, 6.45) is 1.59. The van der Waals surface area contributed by atoms with E-state index in [9.17, 15) is 4.79 Å². The van der Waals surface area contributed by atoms with Crippen LogP contribution < -0.4 is 10.3 Å². The third-order valence-electron chi connectivity index (χ3n) is 2.27. The Morgan fingerprint density at radius 3 is 2.75 bits per heavy atom. The number of nitrogens with one attached hydrogen (secondary N) is 1. The number of hydrogen-bond acceptors (Lipinski definition) is 2. The summed E-state index contributed by atoms with van der Waals surface area (Å²) in [5.41, 5.74) is 1.07. The number of hydrogen-bond donors (Lipinski definition) is 1. The van der Waals surface area contributed by atoms with E-state index < -0.39 is 0 Å². The fraction of sp³-hybridized carbons (Fsp3) is 0.0833. The Kier molecular flexibility index (Phi) is 2.97. The molecular formula is C12H10ClNO2. The van der Waals surface area contributed by atoms with Gasteiger partial charge in [0.2, 0.25) is 0 Å². The summed E-state index contributed by atoms with van der Waals surface area (Å²) in [7, 11) is 1.56. The quantitative estimate of drug-likeness (QED) is 0.870. The van der Waals surface area contributed by atoms with Crippen molar-refractivity contribution in [2.75, 3.05) is 7.11 Å². The molecule has 1 aromatic heterocycles. The fourth-order valence-corrected chi connectivity index (χ4v) is 1.70. The molecule has 2 rings (SSSR count). The molecule has 0 atom stereocenters. The van der Waals surface area contributed by atoms with Crippen molar-refractivity contribution in [1.82, 2.24) is 4.98 Å². The molecule has 16 heavy (non-hydrogen) atoms. The number of aromatic amines is 1. The number of pyridine rings is 1. The highest BCUT2D eigenvalue weighted by Gasteiger charge is 2.09. The van der Waals surface area contributed by atoms with Crippen molar-refractivity contribution in [3.05, 3.63) is 51.9 Å². The number of rotatable bonds is 2. The van der Waals surface area contributed by atoms with Crippen LogP contribution in [0.25, 0.3) is 11.1 Å².